The highest BCUT2D eigenvalue weighted by molar-refractivity contribution is 5.94. The second kappa shape index (κ2) is 9.40. The molecule has 8 nitrogen and oxygen atoms in total. The van der Waals surface area contributed by atoms with Gasteiger partial charge in [-0.05, 0) is 63.3 Å². The van der Waals surface area contributed by atoms with Crippen LogP contribution in [0.5, 0.6) is 5.75 Å². The summed E-state index contributed by atoms with van der Waals surface area (Å²) >= 11 is 0. The van der Waals surface area contributed by atoms with Gasteiger partial charge in [-0.3, -0.25) is 9.59 Å². The highest BCUT2D eigenvalue weighted by atomic mass is 19.4. The second-order valence-electron chi connectivity index (χ2n) is 9.24. The Kier molecular flexibility index (Phi) is 6.94. The van der Waals surface area contributed by atoms with E-state index in [-0.39, 0.29) is 28.7 Å². The van der Waals surface area contributed by atoms with Crippen molar-refractivity contribution in [2.45, 2.75) is 51.4 Å². The van der Waals surface area contributed by atoms with Crippen LogP contribution in [0.1, 0.15) is 49.7 Å². The number of alkyl carbamates (subject to hydrolysis) is 1. The van der Waals surface area contributed by atoms with E-state index in [2.05, 4.69) is 5.32 Å². The van der Waals surface area contributed by atoms with Crippen molar-refractivity contribution < 1.29 is 32.2 Å². The number of carbonyl (C=O) groups excluding carboxylic acids is 2. The van der Waals surface area contributed by atoms with Crippen LogP contribution in [0.2, 0.25) is 0 Å². The van der Waals surface area contributed by atoms with Crippen LogP contribution >= 0.6 is 0 Å². The molecule has 0 unspecified atom stereocenters. The lowest BCUT2D eigenvalue weighted by Crippen LogP contribution is -2.45. The molecule has 0 radical (unpaired) electrons. The highest BCUT2D eigenvalue weighted by Gasteiger charge is 2.36. The first-order valence-electron chi connectivity index (χ1n) is 10.6. The van der Waals surface area contributed by atoms with Gasteiger partial charge in [0.2, 0.25) is 0 Å². The van der Waals surface area contributed by atoms with Crippen molar-refractivity contribution >= 4 is 12.0 Å². The van der Waals surface area contributed by atoms with Gasteiger partial charge in [0.15, 0.2) is 0 Å². The maximum Gasteiger partial charge on any atom is 0.431 e. The molecular formula is C23H26F3N3O5. The van der Waals surface area contributed by atoms with E-state index in [1.165, 1.54) is 24.3 Å². The largest absolute Gasteiger partial charge is 0.493 e. The summed E-state index contributed by atoms with van der Waals surface area (Å²) in [5.74, 6) is -0.511. The topological polar surface area (TPSA) is 124 Å². The maximum atomic E-state index is 13.4. The summed E-state index contributed by atoms with van der Waals surface area (Å²) in [5, 5.41) is 2.73. The smallest absolute Gasteiger partial charge is 0.431 e. The van der Waals surface area contributed by atoms with E-state index in [0.29, 0.717) is 25.2 Å². The van der Waals surface area contributed by atoms with E-state index in [9.17, 15) is 27.6 Å². The molecule has 1 aromatic carbocycles. The van der Waals surface area contributed by atoms with E-state index in [0.717, 1.165) is 6.07 Å². The van der Waals surface area contributed by atoms with E-state index < -0.39 is 35.0 Å². The first kappa shape index (κ1) is 25.1. The number of hydrogen-bond acceptors (Lipinski definition) is 5. The zero-order valence-corrected chi connectivity index (χ0v) is 18.9. The Labute approximate surface area is 193 Å². The third-order valence-corrected chi connectivity index (χ3v) is 5.18. The van der Waals surface area contributed by atoms with Crippen molar-refractivity contribution in [3.05, 3.63) is 51.9 Å². The van der Waals surface area contributed by atoms with Gasteiger partial charge in [0, 0.05) is 11.1 Å². The third-order valence-electron chi connectivity index (χ3n) is 5.18. The van der Waals surface area contributed by atoms with Gasteiger partial charge in [-0.25, -0.2) is 4.79 Å². The first-order chi connectivity index (χ1) is 15.7. The summed E-state index contributed by atoms with van der Waals surface area (Å²) in [5.41, 5.74) is 1.43. The minimum atomic E-state index is -4.84. The molecule has 0 saturated heterocycles. The average molecular weight is 481 g/mol. The fourth-order valence-electron chi connectivity index (χ4n) is 3.50. The van der Waals surface area contributed by atoms with Crippen molar-refractivity contribution in [1.82, 2.24) is 10.3 Å². The van der Waals surface area contributed by atoms with Gasteiger partial charge in [0.05, 0.1) is 6.61 Å². The molecule has 1 aromatic heterocycles. The predicted octanol–water partition coefficient (Wildman–Crippen LogP) is 3.84. The molecule has 0 bridgehead atoms. The number of nitrogens with one attached hydrogen (secondary N) is 2. The molecule has 1 heterocycles. The van der Waals surface area contributed by atoms with Gasteiger partial charge in [-0.15, -0.1) is 0 Å². The molecule has 3 rings (SSSR count). The number of aromatic amines is 1. The Morgan fingerprint density at radius 3 is 2.29 bits per heavy atom. The Morgan fingerprint density at radius 1 is 1.15 bits per heavy atom. The number of pyridine rings is 1. The summed E-state index contributed by atoms with van der Waals surface area (Å²) in [6.07, 6.45) is -4.19. The van der Waals surface area contributed by atoms with Crippen LogP contribution in [0.25, 0.3) is 11.1 Å². The van der Waals surface area contributed by atoms with E-state index in [4.69, 9.17) is 15.2 Å². The summed E-state index contributed by atoms with van der Waals surface area (Å²) < 4.78 is 51.3. The number of amides is 2. The summed E-state index contributed by atoms with van der Waals surface area (Å²) in [6.45, 7) is 5.93. The van der Waals surface area contributed by atoms with Gasteiger partial charge in [-0.2, -0.15) is 13.2 Å². The number of H-pyrrole nitrogens is 1. The molecule has 0 aliphatic heterocycles. The molecule has 0 atom stereocenters. The predicted molar refractivity (Wildman–Crippen MR) is 117 cm³/mol. The normalized spacial score (nSPS) is 18.1. The molecule has 184 valence electrons. The lowest BCUT2D eigenvalue weighted by atomic mass is 9.83. The molecule has 11 heteroatoms. The van der Waals surface area contributed by atoms with Crippen molar-refractivity contribution in [2.24, 2.45) is 11.7 Å². The van der Waals surface area contributed by atoms with Crippen molar-refractivity contribution in [2.75, 3.05) is 6.61 Å². The SMILES string of the molecule is CC(C)(C)NC(=O)OC1CC(COc2ccc(-c3cc(C(N)=O)c(=O)[nH]c3C(F)(F)F)cc2)C1. The Balaban J connectivity index is 1.61. The molecule has 34 heavy (non-hydrogen) atoms. The lowest BCUT2D eigenvalue weighted by molar-refractivity contribution is -0.140. The second-order valence-corrected chi connectivity index (χ2v) is 9.24. The third kappa shape index (κ3) is 6.30. The zero-order chi connectivity index (χ0) is 25.3. The van der Waals surface area contributed by atoms with E-state index >= 15 is 0 Å². The molecule has 2 amide bonds. The molecule has 1 aliphatic carbocycles. The van der Waals surface area contributed by atoms with Crippen LogP contribution < -0.4 is 21.3 Å². The number of primary amides is 1. The van der Waals surface area contributed by atoms with Gasteiger partial charge < -0.3 is 25.5 Å². The number of carbonyl (C=O) groups is 2. The molecule has 1 fully saturated rings. The molecular weight excluding hydrogens is 455 g/mol. The number of halogens is 3. The lowest BCUT2D eigenvalue weighted by Gasteiger charge is -2.35. The van der Waals surface area contributed by atoms with Crippen molar-refractivity contribution in [3.8, 4) is 16.9 Å². The summed E-state index contributed by atoms with van der Waals surface area (Å²) in [6, 6.07) is 6.62. The number of nitrogens with two attached hydrogens (primary N) is 1. The molecule has 1 aliphatic rings. The number of aromatic nitrogens is 1. The Bertz CT molecular complexity index is 1110. The number of hydrogen-bond donors (Lipinski definition) is 3. The zero-order valence-electron chi connectivity index (χ0n) is 18.9. The Morgan fingerprint density at radius 2 is 1.76 bits per heavy atom. The number of ether oxygens (including phenoxy) is 2. The summed E-state index contributed by atoms with van der Waals surface area (Å²) in [7, 11) is 0. The summed E-state index contributed by atoms with van der Waals surface area (Å²) in [4.78, 5) is 36.7. The molecule has 4 N–H and O–H groups in total. The van der Waals surface area contributed by atoms with Crippen LogP contribution in [0, 0.1) is 5.92 Å². The van der Waals surface area contributed by atoms with Gasteiger partial charge in [-0.1, -0.05) is 12.1 Å². The maximum absolute atomic E-state index is 13.4. The molecule has 2 aromatic rings. The number of alkyl halides is 3. The first-order valence-corrected chi connectivity index (χ1v) is 10.6. The fourth-order valence-corrected chi connectivity index (χ4v) is 3.50. The number of benzene rings is 1. The molecule has 0 spiro atoms. The van der Waals surface area contributed by atoms with Crippen molar-refractivity contribution in [1.29, 1.82) is 0 Å². The number of rotatable bonds is 6. The van der Waals surface area contributed by atoms with Crippen LogP contribution in [0.3, 0.4) is 0 Å². The minimum Gasteiger partial charge on any atom is -0.493 e. The van der Waals surface area contributed by atoms with Crippen LogP contribution in [-0.4, -0.2) is 35.2 Å². The quantitative estimate of drug-likeness (QED) is 0.578. The van der Waals surface area contributed by atoms with Gasteiger partial charge >= 0.3 is 12.3 Å². The van der Waals surface area contributed by atoms with Gasteiger partial charge in [0.1, 0.15) is 23.1 Å². The minimum absolute atomic E-state index is 0.125. The Hall–Kier alpha value is -3.50. The standard InChI is InChI=1S/C23H26F3N3O5/c1-22(2,3)29-21(32)34-15-8-12(9-15)11-33-14-6-4-13(5-7-14)16-10-17(19(27)30)20(31)28-18(16)23(24,25)26/h4-7,10,12,15H,8-9,11H2,1-3H3,(H2,27,30)(H,28,31)(H,29,32). The monoisotopic (exact) mass is 481 g/mol. The van der Waals surface area contributed by atoms with Crippen LogP contribution in [-0.2, 0) is 10.9 Å². The van der Waals surface area contributed by atoms with Crippen LogP contribution in [0.4, 0.5) is 18.0 Å². The van der Waals surface area contributed by atoms with Crippen molar-refractivity contribution in [3.63, 3.8) is 0 Å². The van der Waals surface area contributed by atoms with E-state index in [1.807, 2.05) is 20.8 Å². The van der Waals surface area contributed by atoms with Gasteiger partial charge in [0.25, 0.3) is 11.5 Å². The van der Waals surface area contributed by atoms with Crippen LogP contribution in [0.15, 0.2) is 35.1 Å². The van der Waals surface area contributed by atoms with E-state index in [1.54, 1.807) is 4.98 Å². The molecule has 1 saturated carbocycles. The average Bonchev–Trinajstić information content (AvgIpc) is 2.67. The fraction of sp³-hybridized carbons (Fsp3) is 0.435. The highest BCUT2D eigenvalue weighted by Crippen LogP contribution is 2.36.